The van der Waals surface area contributed by atoms with Crippen LogP contribution in [0.4, 0.5) is 21.7 Å². The molecule has 1 amide bonds. The summed E-state index contributed by atoms with van der Waals surface area (Å²) in [6.45, 7) is 2.65. The van der Waals surface area contributed by atoms with Crippen molar-refractivity contribution in [1.29, 1.82) is 0 Å². The van der Waals surface area contributed by atoms with Gasteiger partial charge in [-0.1, -0.05) is 6.07 Å². The lowest BCUT2D eigenvalue weighted by Crippen LogP contribution is -2.33. The number of benzene rings is 2. The van der Waals surface area contributed by atoms with E-state index in [1.165, 1.54) is 24.5 Å². The van der Waals surface area contributed by atoms with Crippen molar-refractivity contribution in [3.05, 3.63) is 60.3 Å². The third-order valence-electron chi connectivity index (χ3n) is 5.94. The Morgan fingerprint density at radius 3 is 2.73 bits per heavy atom. The van der Waals surface area contributed by atoms with E-state index in [0.717, 1.165) is 0 Å². The maximum Gasteiger partial charge on any atom is 0.230 e. The summed E-state index contributed by atoms with van der Waals surface area (Å²) in [7, 11) is 3.20. The van der Waals surface area contributed by atoms with Crippen LogP contribution >= 0.6 is 0 Å². The van der Waals surface area contributed by atoms with E-state index in [9.17, 15) is 14.3 Å². The van der Waals surface area contributed by atoms with Crippen molar-refractivity contribution in [1.82, 2.24) is 25.1 Å². The number of carbonyl (C=O) groups is 1. The second-order valence-corrected chi connectivity index (χ2v) is 8.79. The fraction of sp³-hybridized carbons (Fsp3) is 0.333. The number of rotatable bonds is 15. The molecule has 0 aliphatic heterocycles. The van der Waals surface area contributed by atoms with Gasteiger partial charge in [-0.3, -0.25) is 14.8 Å². The summed E-state index contributed by atoms with van der Waals surface area (Å²) in [4.78, 5) is 23.2. The normalized spacial score (nSPS) is 11.1. The number of aromatic nitrogens is 4. The highest BCUT2D eigenvalue weighted by Gasteiger charge is 2.16. The molecule has 40 heavy (non-hydrogen) atoms. The molecule has 0 unspecified atom stereocenters. The Kier molecular flexibility index (Phi) is 10.2. The Morgan fingerprint density at radius 1 is 1.10 bits per heavy atom. The number of amides is 1. The molecule has 212 valence electrons. The fourth-order valence-electron chi connectivity index (χ4n) is 4.02. The molecule has 0 saturated carbocycles. The number of anilines is 3. The van der Waals surface area contributed by atoms with Crippen LogP contribution in [-0.4, -0.2) is 89.8 Å². The standard InChI is InChI=1S/C27H32FN7O5/c1-38-10-7-35(6-9-36)8-11-40-23-16-21(39-2)15-22-26(23)27(30-17-29-22)32-24-13-20(33-34-24)14-25(37)31-19-5-3-4-18(28)12-19/h3-5,12-13,15-17,36H,6-11,14H2,1-2H3,(H,31,37)(H2,29,30,32,33,34). The number of aliphatic hydroxyl groups excluding tert-OH is 1. The van der Waals surface area contributed by atoms with E-state index >= 15 is 0 Å². The molecular formula is C27H32FN7O5. The van der Waals surface area contributed by atoms with E-state index in [1.807, 2.05) is 4.90 Å². The Morgan fingerprint density at radius 2 is 1.95 bits per heavy atom. The number of fused-ring (bicyclic) bond motifs is 1. The van der Waals surface area contributed by atoms with Gasteiger partial charge in [0.25, 0.3) is 0 Å². The summed E-state index contributed by atoms with van der Waals surface area (Å²) in [5, 5.41) is 22.9. The average molecular weight is 554 g/mol. The van der Waals surface area contributed by atoms with Gasteiger partial charge in [0.2, 0.25) is 5.91 Å². The van der Waals surface area contributed by atoms with Gasteiger partial charge in [-0.05, 0) is 18.2 Å². The van der Waals surface area contributed by atoms with Gasteiger partial charge < -0.3 is 30.0 Å². The van der Waals surface area contributed by atoms with Gasteiger partial charge in [-0.25, -0.2) is 14.4 Å². The number of ether oxygens (including phenoxy) is 3. The van der Waals surface area contributed by atoms with Gasteiger partial charge in [0.1, 0.15) is 36.1 Å². The van der Waals surface area contributed by atoms with Gasteiger partial charge in [0.15, 0.2) is 5.82 Å². The fourth-order valence-corrected chi connectivity index (χ4v) is 4.02. The number of halogens is 1. The minimum atomic E-state index is -0.433. The molecule has 12 nitrogen and oxygen atoms in total. The molecule has 0 radical (unpaired) electrons. The molecule has 4 rings (SSSR count). The summed E-state index contributed by atoms with van der Waals surface area (Å²) in [5.74, 6) is 1.22. The van der Waals surface area contributed by atoms with Crippen molar-refractivity contribution in [2.24, 2.45) is 0 Å². The molecule has 0 aliphatic rings. The van der Waals surface area contributed by atoms with Gasteiger partial charge >= 0.3 is 0 Å². The van der Waals surface area contributed by atoms with E-state index in [0.29, 0.717) is 78.3 Å². The van der Waals surface area contributed by atoms with Gasteiger partial charge in [0, 0.05) is 56.3 Å². The molecule has 0 atom stereocenters. The summed E-state index contributed by atoms with van der Waals surface area (Å²) in [6.07, 6.45) is 1.43. The number of methoxy groups -OCH3 is 2. The lowest BCUT2D eigenvalue weighted by molar-refractivity contribution is -0.115. The van der Waals surface area contributed by atoms with Crippen LogP contribution in [0.25, 0.3) is 10.9 Å². The Balaban J connectivity index is 1.48. The van der Waals surface area contributed by atoms with Crippen molar-refractivity contribution in [2.45, 2.75) is 6.42 Å². The van der Waals surface area contributed by atoms with Gasteiger partial charge in [0.05, 0.1) is 37.6 Å². The van der Waals surface area contributed by atoms with E-state index in [2.05, 4.69) is 30.8 Å². The van der Waals surface area contributed by atoms with Crippen LogP contribution in [0, 0.1) is 5.82 Å². The second kappa shape index (κ2) is 14.2. The molecular weight excluding hydrogens is 521 g/mol. The number of hydrogen-bond donors (Lipinski definition) is 4. The van der Waals surface area contributed by atoms with Crippen molar-refractivity contribution in [2.75, 3.05) is 64.3 Å². The zero-order chi connectivity index (χ0) is 28.3. The first kappa shape index (κ1) is 28.7. The molecule has 0 bridgehead atoms. The van der Waals surface area contributed by atoms with Crippen LogP contribution in [0.5, 0.6) is 11.5 Å². The molecule has 4 N–H and O–H groups in total. The number of carbonyl (C=O) groups excluding carboxylic acids is 1. The maximum absolute atomic E-state index is 13.4. The minimum Gasteiger partial charge on any atom is -0.497 e. The zero-order valence-corrected chi connectivity index (χ0v) is 22.3. The van der Waals surface area contributed by atoms with E-state index in [1.54, 1.807) is 38.5 Å². The summed E-state index contributed by atoms with van der Waals surface area (Å²) in [6, 6.07) is 10.9. The average Bonchev–Trinajstić information content (AvgIpc) is 3.37. The van der Waals surface area contributed by atoms with Crippen molar-refractivity contribution in [3.8, 4) is 11.5 Å². The third-order valence-corrected chi connectivity index (χ3v) is 5.94. The maximum atomic E-state index is 13.4. The van der Waals surface area contributed by atoms with Crippen LogP contribution in [0.1, 0.15) is 5.69 Å². The molecule has 2 heterocycles. The smallest absolute Gasteiger partial charge is 0.230 e. The first-order chi connectivity index (χ1) is 19.5. The van der Waals surface area contributed by atoms with Gasteiger partial charge in [-0.15, -0.1) is 0 Å². The van der Waals surface area contributed by atoms with Crippen molar-refractivity contribution in [3.63, 3.8) is 0 Å². The predicted octanol–water partition coefficient (Wildman–Crippen LogP) is 2.74. The third kappa shape index (κ3) is 7.85. The molecule has 0 fully saturated rings. The number of hydrogen-bond acceptors (Lipinski definition) is 10. The first-order valence-corrected chi connectivity index (χ1v) is 12.6. The highest BCUT2D eigenvalue weighted by Crippen LogP contribution is 2.35. The van der Waals surface area contributed by atoms with Crippen LogP contribution in [0.3, 0.4) is 0 Å². The summed E-state index contributed by atoms with van der Waals surface area (Å²) >= 11 is 0. The highest BCUT2D eigenvalue weighted by atomic mass is 19.1. The SMILES string of the molecule is COCCN(CCO)CCOc1cc(OC)cc2ncnc(Nc3cc(CC(=O)Nc4cccc(F)c4)[nH]n3)c12. The molecule has 13 heteroatoms. The predicted molar refractivity (Wildman–Crippen MR) is 148 cm³/mol. The zero-order valence-electron chi connectivity index (χ0n) is 22.3. The number of H-pyrrole nitrogens is 1. The molecule has 2 aromatic heterocycles. The Labute approximate surface area is 230 Å². The Hall–Kier alpha value is -4.33. The monoisotopic (exact) mass is 553 g/mol. The summed E-state index contributed by atoms with van der Waals surface area (Å²) < 4.78 is 30.1. The molecule has 0 spiro atoms. The van der Waals surface area contributed by atoms with Crippen LogP contribution in [0.2, 0.25) is 0 Å². The van der Waals surface area contributed by atoms with E-state index in [-0.39, 0.29) is 18.9 Å². The van der Waals surface area contributed by atoms with E-state index < -0.39 is 5.82 Å². The summed E-state index contributed by atoms with van der Waals surface area (Å²) in [5.41, 5.74) is 1.52. The lowest BCUT2D eigenvalue weighted by atomic mass is 10.2. The van der Waals surface area contributed by atoms with Crippen LogP contribution < -0.4 is 20.1 Å². The second-order valence-electron chi connectivity index (χ2n) is 8.79. The minimum absolute atomic E-state index is 0.00862. The van der Waals surface area contributed by atoms with Crippen molar-refractivity contribution >= 4 is 34.1 Å². The first-order valence-electron chi connectivity index (χ1n) is 12.6. The van der Waals surface area contributed by atoms with Crippen LogP contribution in [0.15, 0.2) is 48.8 Å². The van der Waals surface area contributed by atoms with Crippen LogP contribution in [-0.2, 0) is 16.0 Å². The number of aliphatic hydroxyl groups is 1. The molecule has 4 aromatic rings. The molecule has 0 saturated heterocycles. The highest BCUT2D eigenvalue weighted by molar-refractivity contribution is 5.96. The topological polar surface area (TPSA) is 147 Å². The quantitative estimate of drug-likeness (QED) is 0.173. The van der Waals surface area contributed by atoms with E-state index in [4.69, 9.17) is 14.2 Å². The molecule has 2 aromatic carbocycles. The number of nitrogens with zero attached hydrogens (tertiary/aromatic N) is 4. The lowest BCUT2D eigenvalue weighted by Gasteiger charge is -2.21. The number of aromatic amines is 1. The van der Waals surface area contributed by atoms with Crippen molar-refractivity contribution < 1.29 is 28.5 Å². The largest absolute Gasteiger partial charge is 0.497 e. The Bertz CT molecular complexity index is 1420. The molecule has 0 aliphatic carbocycles. The number of nitrogens with one attached hydrogen (secondary N) is 3. The van der Waals surface area contributed by atoms with Gasteiger partial charge in [-0.2, -0.15) is 5.10 Å².